The van der Waals surface area contributed by atoms with E-state index in [9.17, 15) is 4.79 Å². The monoisotopic (exact) mass is 268 g/mol. The Morgan fingerprint density at radius 2 is 2.06 bits per heavy atom. The lowest BCUT2D eigenvalue weighted by atomic mass is 10.1. The molecular formula is C14H21ClN2O. The Morgan fingerprint density at radius 1 is 1.39 bits per heavy atom. The molecule has 1 atom stereocenters. The molecule has 0 radical (unpaired) electrons. The van der Waals surface area contributed by atoms with Crippen molar-refractivity contribution in [3.63, 3.8) is 0 Å². The van der Waals surface area contributed by atoms with Gasteiger partial charge in [0.25, 0.3) is 0 Å². The van der Waals surface area contributed by atoms with Gasteiger partial charge in [-0.05, 0) is 37.9 Å². The fourth-order valence-electron chi connectivity index (χ4n) is 1.84. The van der Waals surface area contributed by atoms with Gasteiger partial charge in [0.2, 0.25) is 5.91 Å². The first-order chi connectivity index (χ1) is 8.57. The molecule has 0 aliphatic heterocycles. The van der Waals surface area contributed by atoms with E-state index in [-0.39, 0.29) is 11.9 Å². The maximum absolute atomic E-state index is 12.0. The third-order valence-electron chi connectivity index (χ3n) is 3.17. The summed E-state index contributed by atoms with van der Waals surface area (Å²) in [6, 6.07) is 7.62. The number of hydrogen-bond acceptors (Lipinski definition) is 2. The molecule has 1 aromatic rings. The number of hydrogen-bond donors (Lipinski definition) is 1. The molecule has 0 saturated heterocycles. The van der Waals surface area contributed by atoms with Gasteiger partial charge in [0, 0.05) is 18.5 Å². The SMILES string of the molecule is CC(c1ccccc1Cl)N(C)C(=O)CCCCN. The number of benzene rings is 1. The quantitative estimate of drug-likeness (QED) is 0.806. The van der Waals surface area contributed by atoms with Crippen LogP contribution in [0.1, 0.15) is 37.8 Å². The number of unbranched alkanes of at least 4 members (excludes halogenated alkanes) is 1. The van der Waals surface area contributed by atoms with Crippen LogP contribution in [0.5, 0.6) is 0 Å². The van der Waals surface area contributed by atoms with Gasteiger partial charge in [0.15, 0.2) is 0 Å². The Labute approximate surface area is 114 Å². The van der Waals surface area contributed by atoms with Crippen molar-refractivity contribution >= 4 is 17.5 Å². The van der Waals surface area contributed by atoms with Crippen molar-refractivity contribution in [2.75, 3.05) is 13.6 Å². The standard InChI is InChI=1S/C14H21ClN2O/c1-11(12-7-3-4-8-13(12)15)17(2)14(18)9-5-6-10-16/h3-4,7-8,11H,5-6,9-10,16H2,1-2H3. The van der Waals surface area contributed by atoms with Crippen LogP contribution < -0.4 is 5.73 Å². The molecule has 0 heterocycles. The van der Waals surface area contributed by atoms with E-state index in [0.717, 1.165) is 18.4 Å². The summed E-state index contributed by atoms with van der Waals surface area (Å²) in [4.78, 5) is 13.7. The van der Waals surface area contributed by atoms with Crippen LogP contribution in [0.2, 0.25) is 5.02 Å². The van der Waals surface area contributed by atoms with Crippen LogP contribution in [0.3, 0.4) is 0 Å². The summed E-state index contributed by atoms with van der Waals surface area (Å²) in [5.41, 5.74) is 6.40. The number of amides is 1. The van der Waals surface area contributed by atoms with Crippen LogP contribution >= 0.6 is 11.6 Å². The van der Waals surface area contributed by atoms with Crippen LogP contribution in [0, 0.1) is 0 Å². The first-order valence-electron chi connectivity index (χ1n) is 6.28. The number of nitrogens with two attached hydrogens (primary N) is 1. The van der Waals surface area contributed by atoms with E-state index in [1.807, 2.05) is 38.2 Å². The summed E-state index contributed by atoms with van der Waals surface area (Å²) in [5, 5.41) is 0.701. The van der Waals surface area contributed by atoms with E-state index < -0.39 is 0 Å². The fourth-order valence-corrected chi connectivity index (χ4v) is 2.13. The molecule has 0 spiro atoms. The number of rotatable bonds is 6. The van der Waals surface area contributed by atoms with E-state index in [2.05, 4.69) is 0 Å². The van der Waals surface area contributed by atoms with Gasteiger partial charge >= 0.3 is 0 Å². The van der Waals surface area contributed by atoms with Gasteiger partial charge in [-0.2, -0.15) is 0 Å². The van der Waals surface area contributed by atoms with Gasteiger partial charge < -0.3 is 10.6 Å². The largest absolute Gasteiger partial charge is 0.339 e. The Bertz CT molecular complexity index is 395. The van der Waals surface area contributed by atoms with E-state index in [4.69, 9.17) is 17.3 Å². The highest BCUT2D eigenvalue weighted by molar-refractivity contribution is 6.31. The molecule has 2 N–H and O–H groups in total. The van der Waals surface area contributed by atoms with E-state index in [1.165, 1.54) is 0 Å². The van der Waals surface area contributed by atoms with Crippen LogP contribution in [0.15, 0.2) is 24.3 Å². The molecule has 3 nitrogen and oxygen atoms in total. The zero-order valence-electron chi connectivity index (χ0n) is 11.0. The van der Waals surface area contributed by atoms with Crippen molar-refractivity contribution in [1.29, 1.82) is 0 Å². The van der Waals surface area contributed by atoms with Gasteiger partial charge in [-0.15, -0.1) is 0 Å². The molecule has 1 rings (SSSR count). The molecule has 0 aliphatic rings. The highest BCUT2D eigenvalue weighted by Crippen LogP contribution is 2.26. The van der Waals surface area contributed by atoms with Crippen LogP contribution in [-0.4, -0.2) is 24.4 Å². The van der Waals surface area contributed by atoms with Gasteiger partial charge in [0.05, 0.1) is 6.04 Å². The first kappa shape index (κ1) is 15.0. The van der Waals surface area contributed by atoms with E-state index >= 15 is 0 Å². The summed E-state index contributed by atoms with van der Waals surface area (Å²) in [6.07, 6.45) is 2.28. The molecule has 0 aliphatic carbocycles. The summed E-state index contributed by atoms with van der Waals surface area (Å²) < 4.78 is 0. The van der Waals surface area contributed by atoms with Crippen LogP contribution in [0.4, 0.5) is 0 Å². The molecule has 1 aromatic carbocycles. The Morgan fingerprint density at radius 3 is 2.67 bits per heavy atom. The average molecular weight is 269 g/mol. The summed E-state index contributed by atoms with van der Waals surface area (Å²) in [7, 11) is 1.82. The van der Waals surface area contributed by atoms with Crippen molar-refractivity contribution in [3.8, 4) is 0 Å². The molecule has 100 valence electrons. The second-order valence-electron chi connectivity index (χ2n) is 4.45. The molecule has 0 saturated carbocycles. The minimum atomic E-state index is -0.0101. The van der Waals surface area contributed by atoms with Gasteiger partial charge in [0.1, 0.15) is 0 Å². The van der Waals surface area contributed by atoms with Gasteiger partial charge in [-0.25, -0.2) is 0 Å². The number of nitrogens with zero attached hydrogens (tertiary/aromatic N) is 1. The molecule has 1 unspecified atom stereocenters. The number of halogens is 1. The molecule has 0 fully saturated rings. The molecule has 4 heteroatoms. The summed E-state index contributed by atoms with van der Waals surface area (Å²) >= 11 is 6.14. The second kappa shape index (κ2) is 7.39. The van der Waals surface area contributed by atoms with Gasteiger partial charge in [-0.3, -0.25) is 4.79 Å². The lowest BCUT2D eigenvalue weighted by molar-refractivity contribution is -0.131. The predicted octanol–water partition coefficient (Wildman–Crippen LogP) is 2.99. The molecular weight excluding hydrogens is 248 g/mol. The van der Waals surface area contributed by atoms with Crippen LogP contribution in [0.25, 0.3) is 0 Å². The van der Waals surface area contributed by atoms with Crippen molar-refractivity contribution in [3.05, 3.63) is 34.9 Å². The maximum atomic E-state index is 12.0. The zero-order valence-corrected chi connectivity index (χ0v) is 11.8. The zero-order chi connectivity index (χ0) is 13.5. The number of carbonyl (C=O) groups is 1. The lowest BCUT2D eigenvalue weighted by Gasteiger charge is -2.26. The minimum Gasteiger partial charge on any atom is -0.339 e. The topological polar surface area (TPSA) is 46.3 Å². The van der Waals surface area contributed by atoms with Gasteiger partial charge in [-0.1, -0.05) is 29.8 Å². The summed E-state index contributed by atoms with van der Waals surface area (Å²) in [6.45, 7) is 2.62. The van der Waals surface area contributed by atoms with Crippen LogP contribution in [-0.2, 0) is 4.79 Å². The molecule has 0 aromatic heterocycles. The molecule has 0 bridgehead atoms. The normalized spacial score (nSPS) is 12.2. The molecule has 18 heavy (non-hydrogen) atoms. The lowest BCUT2D eigenvalue weighted by Crippen LogP contribution is -2.29. The third-order valence-corrected chi connectivity index (χ3v) is 3.52. The number of carbonyl (C=O) groups excluding carboxylic acids is 1. The minimum absolute atomic E-state index is 0.0101. The van der Waals surface area contributed by atoms with Crippen molar-refractivity contribution in [1.82, 2.24) is 4.90 Å². The Kier molecular flexibility index (Phi) is 6.16. The fraction of sp³-hybridized carbons (Fsp3) is 0.500. The first-order valence-corrected chi connectivity index (χ1v) is 6.66. The van der Waals surface area contributed by atoms with E-state index in [0.29, 0.717) is 18.0 Å². The molecule has 1 amide bonds. The average Bonchev–Trinajstić information content (AvgIpc) is 2.38. The third kappa shape index (κ3) is 4.00. The van der Waals surface area contributed by atoms with Crippen molar-refractivity contribution in [2.45, 2.75) is 32.2 Å². The maximum Gasteiger partial charge on any atom is 0.222 e. The van der Waals surface area contributed by atoms with E-state index in [1.54, 1.807) is 4.90 Å². The summed E-state index contributed by atoms with van der Waals surface area (Å²) in [5.74, 6) is 0.135. The Hall–Kier alpha value is -1.06. The smallest absolute Gasteiger partial charge is 0.222 e. The predicted molar refractivity (Wildman–Crippen MR) is 75.5 cm³/mol. The van der Waals surface area contributed by atoms with Crippen molar-refractivity contribution < 1.29 is 4.79 Å². The Balaban J connectivity index is 2.63. The highest BCUT2D eigenvalue weighted by atomic mass is 35.5. The van der Waals surface area contributed by atoms with Crippen molar-refractivity contribution in [2.24, 2.45) is 5.73 Å². The highest BCUT2D eigenvalue weighted by Gasteiger charge is 2.18. The second-order valence-corrected chi connectivity index (χ2v) is 4.86.